The van der Waals surface area contributed by atoms with Crippen LogP contribution in [0.25, 0.3) is 0 Å². The summed E-state index contributed by atoms with van der Waals surface area (Å²) in [5, 5.41) is 10.7. The second-order valence-corrected chi connectivity index (χ2v) is 7.13. The van der Waals surface area contributed by atoms with Gasteiger partial charge in [0.25, 0.3) is 0 Å². The average Bonchev–Trinajstić information content (AvgIpc) is 3.11. The Kier molecular flexibility index (Phi) is 6.38. The Morgan fingerprint density at radius 3 is 2.71 bits per heavy atom. The van der Waals surface area contributed by atoms with Crippen LogP contribution in [0.15, 0.2) is 5.16 Å². The summed E-state index contributed by atoms with van der Waals surface area (Å²) < 4.78 is 5.08. The second kappa shape index (κ2) is 8.29. The number of aromatic nitrogens is 3. The maximum atomic E-state index is 12.2. The van der Waals surface area contributed by atoms with Gasteiger partial charge in [-0.1, -0.05) is 18.7 Å². The van der Waals surface area contributed by atoms with Gasteiger partial charge in [-0.3, -0.25) is 9.89 Å². The van der Waals surface area contributed by atoms with Crippen LogP contribution in [0.4, 0.5) is 5.00 Å². The van der Waals surface area contributed by atoms with Crippen molar-refractivity contribution in [1.29, 1.82) is 0 Å². The molecule has 0 saturated heterocycles. The normalized spacial score (nSPS) is 10.7. The summed E-state index contributed by atoms with van der Waals surface area (Å²) in [7, 11) is 0. The highest BCUT2D eigenvalue weighted by atomic mass is 32.2. The summed E-state index contributed by atoms with van der Waals surface area (Å²) >= 11 is 2.62. The third-order valence-electron chi connectivity index (χ3n) is 3.30. The molecule has 0 atom stereocenters. The molecule has 0 aromatic carbocycles. The summed E-state index contributed by atoms with van der Waals surface area (Å²) in [6.45, 7) is 7.78. The van der Waals surface area contributed by atoms with Crippen LogP contribution < -0.4 is 5.32 Å². The number of aryl methyl sites for hydroxylation is 2. The lowest BCUT2D eigenvalue weighted by Crippen LogP contribution is -2.16. The number of rotatable bonds is 7. The molecule has 1 amide bonds. The van der Waals surface area contributed by atoms with E-state index in [1.807, 2.05) is 20.8 Å². The first kappa shape index (κ1) is 18.5. The van der Waals surface area contributed by atoms with Gasteiger partial charge in [-0.25, -0.2) is 9.78 Å². The number of amides is 1. The number of aromatic amines is 1. The van der Waals surface area contributed by atoms with Crippen molar-refractivity contribution in [3.63, 3.8) is 0 Å². The van der Waals surface area contributed by atoms with Gasteiger partial charge in [0.1, 0.15) is 10.8 Å². The number of esters is 1. The van der Waals surface area contributed by atoms with E-state index >= 15 is 0 Å². The fraction of sp³-hybridized carbons (Fsp3) is 0.467. The molecule has 0 bridgehead atoms. The van der Waals surface area contributed by atoms with Gasteiger partial charge in [-0.15, -0.1) is 16.4 Å². The van der Waals surface area contributed by atoms with Gasteiger partial charge in [0.15, 0.2) is 0 Å². The highest BCUT2D eigenvalue weighted by Crippen LogP contribution is 2.33. The van der Waals surface area contributed by atoms with E-state index in [9.17, 15) is 9.59 Å². The van der Waals surface area contributed by atoms with Crippen LogP contribution in [0.2, 0.25) is 0 Å². The van der Waals surface area contributed by atoms with E-state index in [1.165, 1.54) is 23.1 Å². The molecule has 0 aliphatic carbocycles. The lowest BCUT2D eigenvalue weighted by molar-refractivity contribution is -0.113. The fourth-order valence-electron chi connectivity index (χ4n) is 1.96. The third-order valence-corrected chi connectivity index (χ3v) is 5.27. The smallest absolute Gasteiger partial charge is 0.341 e. The Balaban J connectivity index is 2.03. The van der Waals surface area contributed by atoms with Gasteiger partial charge in [-0.2, -0.15) is 0 Å². The topological polar surface area (TPSA) is 97.0 Å². The molecule has 0 fully saturated rings. The molecule has 130 valence electrons. The average molecular weight is 368 g/mol. The number of carbonyl (C=O) groups excluding carboxylic acids is 2. The van der Waals surface area contributed by atoms with Crippen molar-refractivity contribution in [2.24, 2.45) is 0 Å². The first-order chi connectivity index (χ1) is 11.5. The third kappa shape index (κ3) is 4.35. The number of nitrogens with zero attached hydrogens (tertiary/aromatic N) is 2. The number of H-pyrrole nitrogens is 1. The maximum absolute atomic E-state index is 12.2. The van der Waals surface area contributed by atoms with Gasteiger partial charge in [0.2, 0.25) is 11.1 Å². The van der Waals surface area contributed by atoms with Crippen LogP contribution in [-0.4, -0.2) is 39.4 Å². The van der Waals surface area contributed by atoms with E-state index in [0.717, 1.165) is 22.7 Å². The van der Waals surface area contributed by atoms with Gasteiger partial charge in [-0.05, 0) is 26.3 Å². The van der Waals surface area contributed by atoms with Gasteiger partial charge in [0, 0.05) is 11.3 Å². The molecule has 0 spiro atoms. The van der Waals surface area contributed by atoms with Crippen molar-refractivity contribution in [3.8, 4) is 0 Å². The molecule has 0 unspecified atom stereocenters. The van der Waals surface area contributed by atoms with Crippen LogP contribution in [0.3, 0.4) is 0 Å². The van der Waals surface area contributed by atoms with E-state index in [1.54, 1.807) is 6.92 Å². The first-order valence-electron chi connectivity index (χ1n) is 7.57. The molecule has 7 nitrogen and oxygen atoms in total. The predicted molar refractivity (Wildman–Crippen MR) is 94.9 cm³/mol. The van der Waals surface area contributed by atoms with Crippen molar-refractivity contribution >= 4 is 40.0 Å². The minimum Gasteiger partial charge on any atom is -0.462 e. The number of thioether (sulfide) groups is 1. The van der Waals surface area contributed by atoms with E-state index in [4.69, 9.17) is 4.74 Å². The van der Waals surface area contributed by atoms with E-state index in [-0.39, 0.29) is 11.7 Å². The Labute approximate surface area is 148 Å². The number of carbonyl (C=O) groups is 2. The molecule has 2 aromatic rings. The molecule has 0 aliphatic heterocycles. The minimum absolute atomic E-state index is 0.166. The molecule has 24 heavy (non-hydrogen) atoms. The Hall–Kier alpha value is -1.87. The van der Waals surface area contributed by atoms with Gasteiger partial charge < -0.3 is 10.1 Å². The summed E-state index contributed by atoms with van der Waals surface area (Å²) in [6.07, 6.45) is 0.760. The largest absolute Gasteiger partial charge is 0.462 e. The fourth-order valence-corrected chi connectivity index (χ4v) is 3.64. The minimum atomic E-state index is -0.413. The number of hydrogen-bond acceptors (Lipinski definition) is 7. The van der Waals surface area contributed by atoms with Crippen molar-refractivity contribution in [1.82, 2.24) is 15.2 Å². The van der Waals surface area contributed by atoms with Crippen molar-refractivity contribution in [2.45, 2.75) is 39.3 Å². The van der Waals surface area contributed by atoms with Crippen LogP contribution in [0.5, 0.6) is 0 Å². The van der Waals surface area contributed by atoms with Crippen LogP contribution in [0, 0.1) is 13.8 Å². The van der Waals surface area contributed by atoms with E-state index in [2.05, 4.69) is 20.5 Å². The quantitative estimate of drug-likeness (QED) is 0.576. The molecule has 0 saturated carbocycles. The second-order valence-electron chi connectivity index (χ2n) is 4.96. The summed E-state index contributed by atoms with van der Waals surface area (Å²) in [5.41, 5.74) is 1.27. The number of nitrogens with one attached hydrogen (secondary N) is 2. The highest BCUT2D eigenvalue weighted by Gasteiger charge is 2.22. The Morgan fingerprint density at radius 2 is 2.08 bits per heavy atom. The zero-order chi connectivity index (χ0) is 17.7. The van der Waals surface area contributed by atoms with Gasteiger partial charge in [0.05, 0.1) is 17.9 Å². The number of ether oxygens (including phenoxy) is 1. The Morgan fingerprint density at radius 1 is 1.33 bits per heavy atom. The molecular formula is C15H20N4O3S2. The first-order valence-corrected chi connectivity index (χ1v) is 9.37. The summed E-state index contributed by atoms with van der Waals surface area (Å²) in [4.78, 5) is 29.5. The van der Waals surface area contributed by atoms with Gasteiger partial charge >= 0.3 is 5.97 Å². The summed E-state index contributed by atoms with van der Waals surface area (Å²) in [5.74, 6) is 0.324. The Bertz CT molecular complexity index is 739. The molecule has 2 rings (SSSR count). The zero-order valence-electron chi connectivity index (χ0n) is 14.1. The van der Waals surface area contributed by atoms with Crippen LogP contribution >= 0.6 is 23.1 Å². The standard InChI is InChI=1S/C15H20N4O3S2/c1-5-10-16-15(19-18-10)23-7-11(20)17-13-12(14(21)22-6-2)8(3)9(4)24-13/h5-7H2,1-4H3,(H,17,20)(H,16,18,19). The molecule has 2 heterocycles. The highest BCUT2D eigenvalue weighted by molar-refractivity contribution is 7.99. The summed E-state index contributed by atoms with van der Waals surface area (Å²) in [6, 6.07) is 0. The maximum Gasteiger partial charge on any atom is 0.341 e. The number of hydrogen-bond donors (Lipinski definition) is 2. The monoisotopic (exact) mass is 368 g/mol. The zero-order valence-corrected chi connectivity index (χ0v) is 15.7. The van der Waals surface area contributed by atoms with Crippen LogP contribution in [0.1, 0.15) is 40.5 Å². The lowest BCUT2D eigenvalue weighted by Gasteiger charge is -2.06. The molecule has 2 N–H and O–H groups in total. The molecule has 0 aliphatic rings. The molecule has 2 aromatic heterocycles. The number of thiophene rings is 1. The SMILES string of the molecule is CCOC(=O)c1c(NC(=O)CSc2n[nH]c(CC)n2)sc(C)c1C. The molecular weight excluding hydrogens is 348 g/mol. The number of anilines is 1. The van der Waals surface area contributed by atoms with Crippen molar-refractivity contribution in [2.75, 3.05) is 17.7 Å². The lowest BCUT2D eigenvalue weighted by atomic mass is 10.1. The van der Waals surface area contributed by atoms with E-state index < -0.39 is 5.97 Å². The molecule has 0 radical (unpaired) electrons. The molecule has 9 heteroatoms. The van der Waals surface area contributed by atoms with Crippen molar-refractivity contribution < 1.29 is 14.3 Å². The van der Waals surface area contributed by atoms with Crippen LogP contribution in [-0.2, 0) is 16.0 Å². The predicted octanol–water partition coefficient (Wildman–Crippen LogP) is 2.95. The van der Waals surface area contributed by atoms with Crippen molar-refractivity contribution in [3.05, 3.63) is 21.8 Å². The van der Waals surface area contributed by atoms with E-state index in [0.29, 0.717) is 22.3 Å².